The van der Waals surface area contributed by atoms with Gasteiger partial charge in [-0.25, -0.2) is 15.0 Å². The first-order chi connectivity index (χ1) is 19.7. The first kappa shape index (κ1) is 26.9. The van der Waals surface area contributed by atoms with Crippen molar-refractivity contribution in [2.24, 2.45) is 5.92 Å². The first-order valence-electron chi connectivity index (χ1n) is 13.7. The highest BCUT2D eigenvalue weighted by Gasteiger charge is 2.37. The predicted molar refractivity (Wildman–Crippen MR) is 156 cm³/mol. The van der Waals surface area contributed by atoms with Crippen molar-refractivity contribution in [3.05, 3.63) is 69.5 Å². The van der Waals surface area contributed by atoms with E-state index in [1.54, 1.807) is 18.5 Å². The standard InChI is InChI=1S/C29H31N7O4S/c1-15-5-6-31-25(7-15)40-19-4-3-17(9-19)27(37)35-21-14-33-26-16(2)8-22(36(26)29(21)39)28(38)34-13-20-10-18-12-32-24(30)11-23(18)41-20/h5-7,10-12,14,16-17,19,22H,3-4,8-9,13H2,1-2H3,(H2,30,32)(H,34,38)(H,35,37)/t16-,17+,19+,22+/m1/s1. The van der Waals surface area contributed by atoms with E-state index in [-0.39, 0.29) is 35.4 Å². The van der Waals surface area contributed by atoms with Gasteiger partial charge in [0.15, 0.2) is 0 Å². The van der Waals surface area contributed by atoms with E-state index in [4.69, 9.17) is 10.5 Å². The second-order valence-electron chi connectivity index (χ2n) is 10.8. The summed E-state index contributed by atoms with van der Waals surface area (Å²) in [6.07, 6.45) is 7.04. The van der Waals surface area contributed by atoms with Crippen LogP contribution >= 0.6 is 11.3 Å². The van der Waals surface area contributed by atoms with Crippen LogP contribution in [0.1, 0.15) is 60.8 Å². The number of fused-ring (bicyclic) bond motifs is 2. The number of nitrogen functional groups attached to an aromatic ring is 1. The molecule has 0 spiro atoms. The maximum Gasteiger partial charge on any atom is 0.278 e. The topological polar surface area (TPSA) is 154 Å². The third-order valence-electron chi connectivity index (χ3n) is 7.76. The first-order valence-corrected chi connectivity index (χ1v) is 14.5. The molecule has 0 saturated heterocycles. The van der Waals surface area contributed by atoms with Crippen molar-refractivity contribution < 1.29 is 14.3 Å². The second-order valence-corrected chi connectivity index (χ2v) is 12.0. The van der Waals surface area contributed by atoms with Gasteiger partial charge in [0.1, 0.15) is 29.5 Å². The summed E-state index contributed by atoms with van der Waals surface area (Å²) in [5, 5.41) is 6.70. The van der Waals surface area contributed by atoms with Crippen LogP contribution in [0.5, 0.6) is 5.88 Å². The largest absolute Gasteiger partial charge is 0.474 e. The Bertz CT molecular complexity index is 1700. The van der Waals surface area contributed by atoms with Gasteiger partial charge >= 0.3 is 0 Å². The molecule has 4 aromatic heterocycles. The van der Waals surface area contributed by atoms with Crippen molar-refractivity contribution in [2.45, 2.75) is 64.1 Å². The number of thiophene rings is 1. The number of carbonyl (C=O) groups is 2. The Kier molecular flexibility index (Phi) is 7.16. The van der Waals surface area contributed by atoms with Crippen LogP contribution in [-0.4, -0.2) is 37.4 Å². The van der Waals surface area contributed by atoms with Gasteiger partial charge in [0.25, 0.3) is 5.56 Å². The van der Waals surface area contributed by atoms with Gasteiger partial charge in [0.05, 0.1) is 12.7 Å². The number of hydrogen-bond acceptors (Lipinski definition) is 9. The third-order valence-corrected chi connectivity index (χ3v) is 8.85. The number of hydrogen-bond donors (Lipinski definition) is 3. The molecule has 12 heteroatoms. The quantitative estimate of drug-likeness (QED) is 0.302. The minimum Gasteiger partial charge on any atom is -0.474 e. The second kappa shape index (κ2) is 10.9. The molecule has 4 aromatic rings. The Morgan fingerprint density at radius 3 is 2.80 bits per heavy atom. The molecule has 4 N–H and O–H groups in total. The lowest BCUT2D eigenvalue weighted by molar-refractivity contribution is -0.124. The molecular formula is C29H31N7O4S. The van der Waals surface area contributed by atoms with Gasteiger partial charge in [0.2, 0.25) is 17.7 Å². The van der Waals surface area contributed by atoms with Gasteiger partial charge in [-0.05, 0) is 56.4 Å². The highest BCUT2D eigenvalue weighted by Crippen LogP contribution is 2.34. The van der Waals surface area contributed by atoms with E-state index in [1.165, 1.54) is 22.1 Å². The molecule has 0 unspecified atom stereocenters. The van der Waals surface area contributed by atoms with E-state index in [1.807, 2.05) is 32.0 Å². The average molecular weight is 574 g/mol. The maximum atomic E-state index is 13.5. The molecule has 11 nitrogen and oxygen atoms in total. The molecule has 1 aliphatic carbocycles. The number of nitrogens with two attached hydrogens (primary N) is 1. The van der Waals surface area contributed by atoms with E-state index >= 15 is 0 Å². The zero-order chi connectivity index (χ0) is 28.7. The van der Waals surface area contributed by atoms with E-state index in [9.17, 15) is 14.4 Å². The van der Waals surface area contributed by atoms with Crippen molar-refractivity contribution >= 4 is 44.7 Å². The van der Waals surface area contributed by atoms with Gasteiger partial charge in [-0.1, -0.05) is 6.92 Å². The maximum absolute atomic E-state index is 13.5. The molecule has 1 fully saturated rings. The van der Waals surface area contributed by atoms with Crippen molar-refractivity contribution in [3.8, 4) is 5.88 Å². The lowest BCUT2D eigenvalue weighted by atomic mass is 10.1. The highest BCUT2D eigenvalue weighted by atomic mass is 32.1. The van der Waals surface area contributed by atoms with Gasteiger partial charge in [0, 0.05) is 45.3 Å². The SMILES string of the molecule is Cc1ccnc(O[C@H]2CC[C@H](C(=O)Nc3cnc4n(c3=O)[C@H](C(=O)NCc3cc5cnc(N)cc5s3)C[C@H]4C)C2)c1. The average Bonchev–Trinajstić information content (AvgIpc) is 3.66. The van der Waals surface area contributed by atoms with Crippen LogP contribution in [0.15, 0.2) is 47.7 Å². The van der Waals surface area contributed by atoms with Gasteiger partial charge in [-0.15, -0.1) is 11.3 Å². The normalized spacial score (nSPS) is 21.5. The zero-order valence-electron chi connectivity index (χ0n) is 22.8. The van der Waals surface area contributed by atoms with Crippen molar-refractivity contribution in [1.82, 2.24) is 24.8 Å². The summed E-state index contributed by atoms with van der Waals surface area (Å²) in [6.45, 7) is 4.23. The molecular weight excluding hydrogens is 542 g/mol. The van der Waals surface area contributed by atoms with Gasteiger partial charge in [-0.2, -0.15) is 0 Å². The zero-order valence-corrected chi connectivity index (χ0v) is 23.6. The number of nitrogens with zero attached hydrogens (tertiary/aromatic N) is 4. The Morgan fingerprint density at radius 2 is 1.98 bits per heavy atom. The van der Waals surface area contributed by atoms with Crippen molar-refractivity contribution in [1.29, 1.82) is 0 Å². The predicted octanol–water partition coefficient (Wildman–Crippen LogP) is 3.69. The highest BCUT2D eigenvalue weighted by molar-refractivity contribution is 7.19. The molecule has 0 bridgehead atoms. The minimum absolute atomic E-state index is 0.0740. The molecule has 5 heterocycles. The number of aryl methyl sites for hydroxylation is 1. The third kappa shape index (κ3) is 5.51. The summed E-state index contributed by atoms with van der Waals surface area (Å²) in [7, 11) is 0. The van der Waals surface area contributed by atoms with Crippen molar-refractivity contribution in [2.75, 3.05) is 11.1 Å². The van der Waals surface area contributed by atoms with Crippen LogP contribution in [0.2, 0.25) is 0 Å². The monoisotopic (exact) mass is 573 g/mol. The fourth-order valence-corrected chi connectivity index (χ4v) is 6.67. The molecule has 0 aromatic carbocycles. The van der Waals surface area contributed by atoms with Crippen LogP contribution in [0.25, 0.3) is 10.1 Å². The summed E-state index contributed by atoms with van der Waals surface area (Å²) >= 11 is 1.53. The number of aromatic nitrogens is 4. The number of amides is 2. The summed E-state index contributed by atoms with van der Waals surface area (Å²) in [5.41, 5.74) is 6.48. The molecule has 41 heavy (non-hydrogen) atoms. The number of rotatable bonds is 7. The molecule has 1 aliphatic heterocycles. The van der Waals surface area contributed by atoms with Gasteiger partial charge in [-0.3, -0.25) is 19.0 Å². The fourth-order valence-electron chi connectivity index (χ4n) is 5.65. The van der Waals surface area contributed by atoms with E-state index in [0.29, 0.717) is 43.3 Å². The molecule has 0 radical (unpaired) electrons. The number of carbonyl (C=O) groups excluding carboxylic acids is 2. The van der Waals surface area contributed by atoms with Crippen LogP contribution < -0.4 is 26.7 Å². The summed E-state index contributed by atoms with van der Waals surface area (Å²) < 4.78 is 8.40. The lowest BCUT2D eigenvalue weighted by Gasteiger charge is -2.16. The Hall–Kier alpha value is -4.32. The van der Waals surface area contributed by atoms with E-state index in [0.717, 1.165) is 26.9 Å². The van der Waals surface area contributed by atoms with Crippen molar-refractivity contribution in [3.63, 3.8) is 0 Å². The van der Waals surface area contributed by atoms with E-state index < -0.39 is 11.6 Å². The van der Waals surface area contributed by atoms with Crippen LogP contribution in [-0.2, 0) is 16.1 Å². The number of pyridine rings is 2. The minimum atomic E-state index is -0.713. The Labute approximate surface area is 240 Å². The summed E-state index contributed by atoms with van der Waals surface area (Å²) in [6, 6.07) is 6.83. The van der Waals surface area contributed by atoms with Crippen LogP contribution in [0.3, 0.4) is 0 Å². The summed E-state index contributed by atoms with van der Waals surface area (Å²) in [4.78, 5) is 53.7. The lowest BCUT2D eigenvalue weighted by Crippen LogP contribution is -2.37. The van der Waals surface area contributed by atoms with Crippen LogP contribution in [0.4, 0.5) is 11.5 Å². The Morgan fingerprint density at radius 1 is 1.12 bits per heavy atom. The molecule has 2 aliphatic rings. The molecule has 6 rings (SSSR count). The molecule has 4 atom stereocenters. The molecule has 212 valence electrons. The smallest absolute Gasteiger partial charge is 0.278 e. The Balaban J connectivity index is 1.12. The number of anilines is 2. The fraction of sp³-hybridized carbons (Fsp3) is 0.379. The summed E-state index contributed by atoms with van der Waals surface area (Å²) in [5.74, 6) is 0.637. The van der Waals surface area contributed by atoms with Gasteiger partial charge < -0.3 is 21.1 Å². The van der Waals surface area contributed by atoms with E-state index in [2.05, 4.69) is 25.6 Å². The number of ether oxygens (including phenoxy) is 1. The molecule has 2 amide bonds. The number of nitrogens with one attached hydrogen (secondary N) is 2. The molecule has 1 saturated carbocycles. The van der Waals surface area contributed by atoms with Crippen LogP contribution in [0, 0.1) is 12.8 Å².